The summed E-state index contributed by atoms with van der Waals surface area (Å²) in [6.45, 7) is 1.59. The van der Waals surface area contributed by atoms with Crippen molar-refractivity contribution in [1.82, 2.24) is 0 Å². The fourth-order valence-corrected chi connectivity index (χ4v) is 2.22. The molecule has 98 valence electrons. The van der Waals surface area contributed by atoms with Gasteiger partial charge in [0, 0.05) is 10.6 Å². The van der Waals surface area contributed by atoms with E-state index < -0.39 is 11.8 Å². The number of carboxylic acids is 1. The van der Waals surface area contributed by atoms with Crippen LogP contribution in [0.3, 0.4) is 0 Å². The zero-order chi connectivity index (χ0) is 14.2. The van der Waals surface area contributed by atoms with E-state index in [2.05, 4.69) is 0 Å². The molecule has 5 heteroatoms. The lowest BCUT2D eigenvalue weighted by atomic mass is 9.98. The maximum atomic E-state index is 13.4. The minimum absolute atomic E-state index is 0.0282. The van der Waals surface area contributed by atoms with Crippen molar-refractivity contribution in [3.63, 3.8) is 0 Å². The molecule has 2 aromatic carbocycles. The van der Waals surface area contributed by atoms with Gasteiger partial charge in [0.1, 0.15) is 5.82 Å². The van der Waals surface area contributed by atoms with Gasteiger partial charge in [-0.25, -0.2) is 9.18 Å². The summed E-state index contributed by atoms with van der Waals surface area (Å²) in [5.41, 5.74) is 1.30. The van der Waals surface area contributed by atoms with Crippen LogP contribution in [0.4, 0.5) is 4.39 Å². The van der Waals surface area contributed by atoms with Gasteiger partial charge < -0.3 is 5.11 Å². The fourth-order valence-electron chi connectivity index (χ4n) is 1.79. The maximum absolute atomic E-state index is 13.4. The fraction of sp³-hybridized carbons (Fsp3) is 0.0714. The van der Waals surface area contributed by atoms with Gasteiger partial charge in [-0.15, -0.1) is 0 Å². The summed E-state index contributed by atoms with van der Waals surface area (Å²) in [6, 6.07) is 7.16. The molecule has 0 saturated heterocycles. The minimum Gasteiger partial charge on any atom is -0.478 e. The number of aryl methyl sites for hydroxylation is 1. The Bertz CT molecular complexity index is 669. The smallest absolute Gasteiger partial charge is 0.336 e. The normalized spacial score (nSPS) is 10.5. The van der Waals surface area contributed by atoms with Crippen molar-refractivity contribution < 1.29 is 14.3 Å². The molecule has 2 aromatic rings. The zero-order valence-corrected chi connectivity index (χ0v) is 11.4. The Hall–Kier alpha value is -1.58. The highest BCUT2D eigenvalue weighted by molar-refractivity contribution is 6.34. The van der Waals surface area contributed by atoms with E-state index in [0.29, 0.717) is 21.7 Å². The number of hydrogen-bond acceptors (Lipinski definition) is 1. The molecule has 2 rings (SSSR count). The topological polar surface area (TPSA) is 37.3 Å². The lowest BCUT2D eigenvalue weighted by molar-refractivity contribution is 0.0697. The first-order valence-corrected chi connectivity index (χ1v) is 6.14. The lowest BCUT2D eigenvalue weighted by Crippen LogP contribution is -2.00. The summed E-state index contributed by atoms with van der Waals surface area (Å²) in [4.78, 5) is 11.2. The first-order valence-electron chi connectivity index (χ1n) is 5.39. The lowest BCUT2D eigenvalue weighted by Gasteiger charge is -2.10. The number of carbonyl (C=O) groups is 1. The van der Waals surface area contributed by atoms with Gasteiger partial charge in [0.2, 0.25) is 0 Å². The number of rotatable bonds is 2. The summed E-state index contributed by atoms with van der Waals surface area (Å²) in [5, 5.41) is 9.67. The Morgan fingerprint density at radius 2 is 1.84 bits per heavy atom. The summed E-state index contributed by atoms with van der Waals surface area (Å²) in [6.07, 6.45) is 0. The second-order valence-corrected chi connectivity index (χ2v) is 4.92. The monoisotopic (exact) mass is 298 g/mol. The molecule has 0 aliphatic carbocycles. The van der Waals surface area contributed by atoms with E-state index >= 15 is 0 Å². The SMILES string of the molecule is Cc1cc(-c2ccc(Cl)cc2C(=O)O)c(Cl)cc1F. The van der Waals surface area contributed by atoms with Crippen LogP contribution >= 0.6 is 23.2 Å². The Balaban J connectivity index is 2.72. The average molecular weight is 299 g/mol. The van der Waals surface area contributed by atoms with Crippen molar-refractivity contribution in [2.75, 3.05) is 0 Å². The predicted molar refractivity (Wildman–Crippen MR) is 73.6 cm³/mol. The second kappa shape index (κ2) is 5.19. The number of carboxylic acid groups (broad SMARTS) is 1. The minimum atomic E-state index is -1.12. The average Bonchev–Trinajstić information content (AvgIpc) is 2.34. The highest BCUT2D eigenvalue weighted by atomic mass is 35.5. The molecule has 0 spiro atoms. The van der Waals surface area contributed by atoms with Crippen molar-refractivity contribution in [2.24, 2.45) is 0 Å². The summed E-state index contributed by atoms with van der Waals surface area (Å²) in [7, 11) is 0. The molecular formula is C14H9Cl2FO2. The third-order valence-electron chi connectivity index (χ3n) is 2.75. The third-order valence-corrected chi connectivity index (χ3v) is 3.30. The predicted octanol–water partition coefficient (Wildman–Crippen LogP) is 4.81. The zero-order valence-electron chi connectivity index (χ0n) is 9.88. The Morgan fingerprint density at radius 3 is 2.47 bits per heavy atom. The summed E-state index contributed by atoms with van der Waals surface area (Å²) >= 11 is 11.8. The standard InChI is InChI=1S/C14H9Cl2FO2/c1-7-4-10(12(16)6-13(7)17)9-3-2-8(15)5-11(9)14(18)19/h2-6H,1H3,(H,18,19). The molecule has 0 aliphatic heterocycles. The summed E-state index contributed by atoms with van der Waals surface area (Å²) in [5.74, 6) is -1.55. The molecule has 0 heterocycles. The molecule has 0 bridgehead atoms. The van der Waals surface area contributed by atoms with Crippen molar-refractivity contribution in [2.45, 2.75) is 6.92 Å². The molecule has 2 nitrogen and oxygen atoms in total. The van der Waals surface area contributed by atoms with E-state index in [-0.39, 0.29) is 10.6 Å². The molecular weight excluding hydrogens is 290 g/mol. The van der Waals surface area contributed by atoms with E-state index in [9.17, 15) is 14.3 Å². The number of benzene rings is 2. The first kappa shape index (κ1) is 13.8. The van der Waals surface area contributed by atoms with Crippen LogP contribution in [-0.2, 0) is 0 Å². The Labute approximate surface area is 119 Å². The van der Waals surface area contributed by atoms with Gasteiger partial charge in [0.15, 0.2) is 0 Å². The maximum Gasteiger partial charge on any atom is 0.336 e. The highest BCUT2D eigenvalue weighted by Crippen LogP contribution is 2.33. The van der Waals surface area contributed by atoms with Gasteiger partial charge in [0.25, 0.3) is 0 Å². The first-order chi connectivity index (χ1) is 8.90. The van der Waals surface area contributed by atoms with Gasteiger partial charge in [0.05, 0.1) is 10.6 Å². The van der Waals surface area contributed by atoms with E-state index in [4.69, 9.17) is 23.2 Å². The molecule has 0 atom stereocenters. The molecule has 19 heavy (non-hydrogen) atoms. The van der Waals surface area contributed by atoms with E-state index in [1.165, 1.54) is 18.2 Å². The van der Waals surface area contributed by atoms with Crippen LogP contribution < -0.4 is 0 Å². The van der Waals surface area contributed by atoms with Crippen molar-refractivity contribution in [1.29, 1.82) is 0 Å². The summed E-state index contributed by atoms with van der Waals surface area (Å²) < 4.78 is 13.4. The molecule has 1 N–H and O–H groups in total. The van der Waals surface area contributed by atoms with E-state index in [1.54, 1.807) is 19.1 Å². The van der Waals surface area contributed by atoms with E-state index in [1.807, 2.05) is 0 Å². The number of hydrogen-bond donors (Lipinski definition) is 1. The highest BCUT2D eigenvalue weighted by Gasteiger charge is 2.16. The molecule has 0 radical (unpaired) electrons. The molecule has 0 saturated carbocycles. The number of halogens is 3. The van der Waals surface area contributed by atoms with Crippen LogP contribution in [0.2, 0.25) is 10.0 Å². The van der Waals surface area contributed by atoms with Crippen LogP contribution in [-0.4, -0.2) is 11.1 Å². The van der Waals surface area contributed by atoms with Crippen molar-refractivity contribution in [3.8, 4) is 11.1 Å². The molecule has 0 aromatic heterocycles. The van der Waals surface area contributed by atoms with Crippen LogP contribution in [0.15, 0.2) is 30.3 Å². The molecule has 0 aliphatic rings. The van der Waals surface area contributed by atoms with E-state index in [0.717, 1.165) is 0 Å². The largest absolute Gasteiger partial charge is 0.478 e. The second-order valence-electron chi connectivity index (χ2n) is 4.08. The third kappa shape index (κ3) is 2.72. The van der Waals surface area contributed by atoms with Gasteiger partial charge in [-0.3, -0.25) is 0 Å². The molecule has 0 amide bonds. The van der Waals surface area contributed by atoms with Gasteiger partial charge in [-0.05, 0) is 42.3 Å². The van der Waals surface area contributed by atoms with Crippen LogP contribution in [0.1, 0.15) is 15.9 Å². The van der Waals surface area contributed by atoms with Gasteiger partial charge in [-0.1, -0.05) is 29.3 Å². The number of aromatic carboxylic acids is 1. The molecule has 0 unspecified atom stereocenters. The Kier molecular flexibility index (Phi) is 3.78. The molecule has 0 fully saturated rings. The van der Waals surface area contributed by atoms with Crippen LogP contribution in [0.25, 0.3) is 11.1 Å². The quantitative estimate of drug-likeness (QED) is 0.864. The van der Waals surface area contributed by atoms with Crippen molar-refractivity contribution >= 4 is 29.2 Å². The van der Waals surface area contributed by atoms with Gasteiger partial charge >= 0.3 is 5.97 Å². The Morgan fingerprint density at radius 1 is 1.16 bits per heavy atom. The van der Waals surface area contributed by atoms with Crippen molar-refractivity contribution in [3.05, 3.63) is 57.3 Å². The van der Waals surface area contributed by atoms with Gasteiger partial charge in [-0.2, -0.15) is 0 Å². The van der Waals surface area contributed by atoms with Crippen LogP contribution in [0, 0.1) is 12.7 Å². The van der Waals surface area contributed by atoms with Crippen LogP contribution in [0.5, 0.6) is 0 Å².